The minimum atomic E-state index is 0.00222. The normalized spacial score (nSPS) is 18.7. The number of hydrogen-bond donors (Lipinski definition) is 0. The zero-order valence-corrected chi connectivity index (χ0v) is 15.9. The smallest absolute Gasteiger partial charge is 0.241 e. The lowest BCUT2D eigenvalue weighted by Gasteiger charge is -2.30. The predicted octanol–water partition coefficient (Wildman–Crippen LogP) is 3.56. The molecular weight excluding hydrogens is 370 g/mol. The first kappa shape index (κ1) is 17.9. The van der Waals surface area contributed by atoms with Gasteiger partial charge in [-0.2, -0.15) is 4.98 Å². The van der Waals surface area contributed by atoms with Gasteiger partial charge >= 0.3 is 0 Å². The summed E-state index contributed by atoms with van der Waals surface area (Å²) >= 11 is 0. The number of nitrogens with zero attached hydrogens (tertiary/aromatic N) is 3. The molecule has 5 rings (SSSR count). The molecule has 7 heteroatoms. The molecule has 1 saturated heterocycles. The first-order valence-electron chi connectivity index (χ1n) is 9.80. The lowest BCUT2D eigenvalue weighted by Crippen LogP contribution is -2.38. The van der Waals surface area contributed by atoms with Crippen LogP contribution in [0.1, 0.15) is 29.1 Å². The topological polar surface area (TPSA) is 77.7 Å². The quantitative estimate of drug-likeness (QED) is 0.616. The van der Waals surface area contributed by atoms with Gasteiger partial charge in [-0.05, 0) is 37.6 Å². The molecule has 0 unspecified atom stereocenters. The summed E-state index contributed by atoms with van der Waals surface area (Å²) in [5.74, 6) is 2.69. The van der Waals surface area contributed by atoms with Crippen LogP contribution < -0.4 is 9.47 Å². The van der Waals surface area contributed by atoms with Crippen molar-refractivity contribution in [3.8, 4) is 22.9 Å². The third-order valence-corrected chi connectivity index (χ3v) is 5.39. The highest BCUT2D eigenvalue weighted by atomic mass is 16.7. The number of carbonyl (C=O) groups is 1. The molecule has 3 heterocycles. The Kier molecular flexibility index (Phi) is 4.73. The second kappa shape index (κ2) is 7.67. The van der Waals surface area contributed by atoms with Crippen molar-refractivity contribution >= 4 is 5.78 Å². The number of ketones is 1. The molecule has 29 heavy (non-hydrogen) atoms. The van der Waals surface area contributed by atoms with Gasteiger partial charge in [-0.15, -0.1) is 0 Å². The molecule has 1 fully saturated rings. The zero-order valence-electron chi connectivity index (χ0n) is 15.9. The van der Waals surface area contributed by atoms with E-state index in [0.717, 1.165) is 36.3 Å². The second-order valence-electron chi connectivity index (χ2n) is 7.38. The number of ether oxygens (including phenoxy) is 2. The summed E-state index contributed by atoms with van der Waals surface area (Å²) in [5.41, 5.74) is 1.60. The number of carbonyl (C=O) groups excluding carboxylic acids is 1. The number of likely N-dealkylation sites (tertiary alicyclic amines) is 1. The summed E-state index contributed by atoms with van der Waals surface area (Å²) in [6.07, 6.45) is 1.89. The molecule has 0 amide bonds. The van der Waals surface area contributed by atoms with E-state index in [4.69, 9.17) is 14.0 Å². The van der Waals surface area contributed by atoms with Crippen molar-refractivity contribution in [2.45, 2.75) is 19.4 Å². The molecule has 0 aliphatic carbocycles. The Bertz CT molecular complexity index is 1020. The van der Waals surface area contributed by atoms with Crippen molar-refractivity contribution in [3.63, 3.8) is 0 Å². The molecular formula is C22H21N3O4. The summed E-state index contributed by atoms with van der Waals surface area (Å²) in [6.45, 7) is 2.39. The Hall–Kier alpha value is -3.19. The van der Waals surface area contributed by atoms with Crippen LogP contribution in [0.15, 0.2) is 53.1 Å². The van der Waals surface area contributed by atoms with Gasteiger partial charge in [-0.3, -0.25) is 9.69 Å². The van der Waals surface area contributed by atoms with Crippen molar-refractivity contribution in [1.29, 1.82) is 0 Å². The number of aromatic nitrogens is 2. The Balaban J connectivity index is 1.25. The van der Waals surface area contributed by atoms with Crippen LogP contribution in [0.2, 0.25) is 0 Å². The van der Waals surface area contributed by atoms with Gasteiger partial charge in [-0.25, -0.2) is 0 Å². The van der Waals surface area contributed by atoms with E-state index in [1.165, 1.54) is 0 Å². The highest BCUT2D eigenvalue weighted by Crippen LogP contribution is 2.35. The van der Waals surface area contributed by atoms with Crippen molar-refractivity contribution in [1.82, 2.24) is 15.0 Å². The lowest BCUT2D eigenvalue weighted by molar-refractivity contribution is 0.0797. The van der Waals surface area contributed by atoms with Crippen molar-refractivity contribution in [2.75, 3.05) is 19.9 Å². The van der Waals surface area contributed by atoms with Gasteiger partial charge in [0, 0.05) is 23.6 Å². The third kappa shape index (κ3) is 3.73. The molecule has 2 aliphatic rings. The Morgan fingerprint density at radius 3 is 2.86 bits per heavy atom. The predicted molar refractivity (Wildman–Crippen MR) is 105 cm³/mol. The first-order chi connectivity index (χ1) is 14.3. The molecule has 0 saturated carbocycles. The van der Waals surface area contributed by atoms with E-state index in [1.54, 1.807) is 0 Å². The summed E-state index contributed by atoms with van der Waals surface area (Å²) in [6, 6.07) is 15.1. The largest absolute Gasteiger partial charge is 0.454 e. The van der Waals surface area contributed by atoms with Crippen molar-refractivity contribution in [3.05, 3.63) is 60.0 Å². The molecule has 2 aliphatic heterocycles. The van der Waals surface area contributed by atoms with Crippen molar-refractivity contribution in [2.24, 2.45) is 5.92 Å². The van der Waals surface area contributed by atoms with E-state index in [2.05, 4.69) is 15.0 Å². The average Bonchev–Trinajstić information content (AvgIpc) is 3.43. The monoisotopic (exact) mass is 391 g/mol. The molecule has 2 aromatic carbocycles. The van der Waals surface area contributed by atoms with Crippen molar-refractivity contribution < 1.29 is 18.8 Å². The number of rotatable bonds is 5. The number of hydrogen-bond acceptors (Lipinski definition) is 7. The number of Topliss-reactive ketones (excluding diaryl/α,β-unsaturated/α-hetero) is 1. The summed E-state index contributed by atoms with van der Waals surface area (Å²) in [4.78, 5) is 19.5. The van der Waals surface area contributed by atoms with E-state index >= 15 is 0 Å². The van der Waals surface area contributed by atoms with Gasteiger partial charge in [0.2, 0.25) is 18.5 Å². The molecule has 0 N–H and O–H groups in total. The van der Waals surface area contributed by atoms with E-state index in [1.807, 2.05) is 48.5 Å². The summed E-state index contributed by atoms with van der Waals surface area (Å²) in [5, 5.41) is 4.10. The van der Waals surface area contributed by atoms with Crippen LogP contribution in [-0.4, -0.2) is 40.7 Å². The minimum absolute atomic E-state index is 0.00222. The molecule has 148 valence electrons. The van der Waals surface area contributed by atoms with Crippen LogP contribution in [0.5, 0.6) is 11.5 Å². The molecule has 1 atom stereocenters. The highest BCUT2D eigenvalue weighted by Gasteiger charge is 2.27. The third-order valence-electron chi connectivity index (χ3n) is 5.39. The standard InChI is InChI=1S/C22H21N3O4/c26-21(15-5-2-1-3-6-15)17-7-4-10-25(12-17)13-20-23-22(24-29-20)16-8-9-18-19(11-16)28-14-27-18/h1-3,5-6,8-9,11,17H,4,7,10,12-14H2/t17-/m1/s1. The molecule has 1 aromatic heterocycles. The maximum absolute atomic E-state index is 12.8. The molecule has 3 aromatic rings. The Labute approximate surface area is 168 Å². The van der Waals surface area contributed by atoms with E-state index < -0.39 is 0 Å². The average molecular weight is 391 g/mol. The van der Waals surface area contributed by atoms with Gasteiger partial charge in [0.25, 0.3) is 0 Å². The highest BCUT2D eigenvalue weighted by molar-refractivity contribution is 5.98. The lowest BCUT2D eigenvalue weighted by atomic mass is 9.90. The van der Waals surface area contributed by atoms with Crippen LogP contribution in [0.25, 0.3) is 11.4 Å². The first-order valence-corrected chi connectivity index (χ1v) is 9.80. The maximum atomic E-state index is 12.8. The molecule has 7 nitrogen and oxygen atoms in total. The number of benzene rings is 2. The fraction of sp³-hybridized carbons (Fsp3) is 0.318. The Morgan fingerprint density at radius 1 is 1.10 bits per heavy atom. The SMILES string of the molecule is O=C(c1ccccc1)[C@@H]1CCCN(Cc2nc(-c3ccc4c(c3)OCO4)no2)C1. The van der Waals surface area contributed by atoms with E-state index in [-0.39, 0.29) is 18.5 Å². The number of fused-ring (bicyclic) bond motifs is 1. The fourth-order valence-corrected chi connectivity index (χ4v) is 3.91. The maximum Gasteiger partial charge on any atom is 0.241 e. The molecule has 0 bridgehead atoms. The van der Waals surface area contributed by atoms with Gasteiger partial charge in [0.05, 0.1) is 6.54 Å². The van der Waals surface area contributed by atoms with Gasteiger partial charge in [0.15, 0.2) is 17.3 Å². The summed E-state index contributed by atoms with van der Waals surface area (Å²) in [7, 11) is 0. The van der Waals surface area contributed by atoms with Gasteiger partial charge in [0.1, 0.15) is 0 Å². The summed E-state index contributed by atoms with van der Waals surface area (Å²) < 4.78 is 16.2. The van der Waals surface area contributed by atoms with E-state index in [9.17, 15) is 4.79 Å². The molecule has 0 spiro atoms. The fourth-order valence-electron chi connectivity index (χ4n) is 3.91. The van der Waals surface area contributed by atoms with Crippen LogP contribution >= 0.6 is 0 Å². The van der Waals surface area contributed by atoms with E-state index in [0.29, 0.717) is 30.6 Å². The number of piperidine rings is 1. The molecule has 0 radical (unpaired) electrons. The van der Waals surface area contributed by atoms with Crippen LogP contribution in [-0.2, 0) is 6.54 Å². The van der Waals surface area contributed by atoms with Crippen LogP contribution in [0, 0.1) is 5.92 Å². The van der Waals surface area contributed by atoms with Gasteiger partial charge in [-0.1, -0.05) is 35.5 Å². The Morgan fingerprint density at radius 2 is 1.97 bits per heavy atom. The zero-order chi connectivity index (χ0) is 19.6. The van der Waals surface area contributed by atoms with Gasteiger partial charge < -0.3 is 14.0 Å². The second-order valence-corrected chi connectivity index (χ2v) is 7.38. The van der Waals surface area contributed by atoms with Crippen LogP contribution in [0.3, 0.4) is 0 Å². The van der Waals surface area contributed by atoms with Crippen LogP contribution in [0.4, 0.5) is 0 Å². The minimum Gasteiger partial charge on any atom is -0.454 e.